The molecule has 2 N–H and O–H groups in total. The molecule has 0 fully saturated rings. The summed E-state index contributed by atoms with van der Waals surface area (Å²) in [6.45, 7) is 7.08. The van der Waals surface area contributed by atoms with Gasteiger partial charge in [0.05, 0.1) is 0 Å². The molecule has 18 heavy (non-hydrogen) atoms. The Morgan fingerprint density at radius 1 is 1.28 bits per heavy atom. The number of halogens is 2. The first kappa shape index (κ1) is 15.2. The zero-order valence-corrected chi connectivity index (χ0v) is 11.6. The third-order valence-corrected chi connectivity index (χ3v) is 3.90. The number of hydrogen-bond acceptors (Lipinski definition) is 3. The van der Waals surface area contributed by atoms with Crippen molar-refractivity contribution in [3.8, 4) is 0 Å². The lowest BCUT2D eigenvalue weighted by atomic mass is 10.2. The predicted molar refractivity (Wildman–Crippen MR) is 74.3 cm³/mol. The van der Waals surface area contributed by atoms with E-state index in [4.69, 9.17) is 5.73 Å². The molecule has 5 heteroatoms. The molecule has 0 saturated heterocycles. The van der Waals surface area contributed by atoms with Gasteiger partial charge in [-0.2, -0.15) is 0 Å². The molecule has 0 aliphatic heterocycles. The Kier molecular flexibility index (Phi) is 6.43. The van der Waals surface area contributed by atoms with E-state index in [0.29, 0.717) is 10.6 Å². The van der Waals surface area contributed by atoms with E-state index in [2.05, 4.69) is 18.7 Å². The molecule has 0 atom stereocenters. The number of rotatable bonds is 7. The van der Waals surface area contributed by atoms with Crippen molar-refractivity contribution in [2.24, 2.45) is 0 Å². The van der Waals surface area contributed by atoms with Crippen molar-refractivity contribution in [3.63, 3.8) is 0 Å². The van der Waals surface area contributed by atoms with Crippen LogP contribution in [0.5, 0.6) is 0 Å². The molecular formula is C13H20F2N2S. The molecular weight excluding hydrogens is 254 g/mol. The van der Waals surface area contributed by atoms with Gasteiger partial charge in [-0.1, -0.05) is 13.8 Å². The highest BCUT2D eigenvalue weighted by atomic mass is 32.2. The van der Waals surface area contributed by atoms with Gasteiger partial charge in [-0.3, -0.25) is 0 Å². The van der Waals surface area contributed by atoms with Gasteiger partial charge in [0.1, 0.15) is 0 Å². The highest BCUT2D eigenvalue weighted by molar-refractivity contribution is 7.99. The highest BCUT2D eigenvalue weighted by Crippen LogP contribution is 2.32. The number of nitrogens with zero attached hydrogens (tertiary/aromatic N) is 1. The molecule has 0 spiro atoms. The maximum atomic E-state index is 12.8. The molecule has 0 saturated carbocycles. The normalized spacial score (nSPS) is 11.4. The van der Waals surface area contributed by atoms with E-state index in [9.17, 15) is 8.78 Å². The number of thioether (sulfide) groups is 1. The van der Waals surface area contributed by atoms with Crippen molar-refractivity contribution in [2.75, 3.05) is 31.1 Å². The monoisotopic (exact) mass is 274 g/mol. The van der Waals surface area contributed by atoms with E-state index in [-0.39, 0.29) is 5.56 Å². The average Bonchev–Trinajstić information content (AvgIpc) is 2.36. The first-order valence-corrected chi connectivity index (χ1v) is 7.09. The fourth-order valence-corrected chi connectivity index (χ4v) is 2.74. The second-order valence-electron chi connectivity index (χ2n) is 3.97. The van der Waals surface area contributed by atoms with Crippen molar-refractivity contribution in [3.05, 3.63) is 23.8 Å². The van der Waals surface area contributed by atoms with Gasteiger partial charge in [-0.05, 0) is 31.3 Å². The highest BCUT2D eigenvalue weighted by Gasteiger charge is 2.13. The third-order valence-electron chi connectivity index (χ3n) is 2.83. The summed E-state index contributed by atoms with van der Waals surface area (Å²) < 4.78 is 25.7. The molecule has 0 aliphatic rings. The molecule has 1 rings (SSSR count). The summed E-state index contributed by atoms with van der Waals surface area (Å²) in [5, 5.41) is 0. The SMILES string of the molecule is CCN(CC)CCSc1ccc(N)cc1C(F)F. The Hall–Kier alpha value is -0.810. The van der Waals surface area contributed by atoms with Crippen molar-refractivity contribution in [2.45, 2.75) is 25.2 Å². The van der Waals surface area contributed by atoms with Gasteiger partial charge in [0.15, 0.2) is 0 Å². The molecule has 1 aromatic carbocycles. The minimum Gasteiger partial charge on any atom is -0.399 e. The summed E-state index contributed by atoms with van der Waals surface area (Å²) in [7, 11) is 0. The lowest BCUT2D eigenvalue weighted by Gasteiger charge is -2.18. The van der Waals surface area contributed by atoms with Crippen molar-refractivity contribution in [1.29, 1.82) is 0 Å². The van der Waals surface area contributed by atoms with Gasteiger partial charge < -0.3 is 10.6 Å². The largest absolute Gasteiger partial charge is 0.399 e. The van der Waals surface area contributed by atoms with Gasteiger partial charge in [0, 0.05) is 28.4 Å². The van der Waals surface area contributed by atoms with Crippen molar-refractivity contribution in [1.82, 2.24) is 4.90 Å². The van der Waals surface area contributed by atoms with Gasteiger partial charge in [0.25, 0.3) is 6.43 Å². The first-order chi connectivity index (χ1) is 8.58. The molecule has 1 aromatic rings. The Bertz CT molecular complexity index is 368. The van der Waals surface area contributed by atoms with E-state index >= 15 is 0 Å². The number of nitrogen functional groups attached to an aromatic ring is 1. The Balaban J connectivity index is 2.61. The average molecular weight is 274 g/mol. The summed E-state index contributed by atoms with van der Waals surface area (Å²) >= 11 is 1.47. The van der Waals surface area contributed by atoms with Crippen LogP contribution in [-0.4, -0.2) is 30.3 Å². The number of alkyl halides is 2. The summed E-state index contributed by atoms with van der Waals surface area (Å²) in [6.07, 6.45) is -2.47. The Morgan fingerprint density at radius 3 is 2.50 bits per heavy atom. The molecule has 0 radical (unpaired) electrons. The third kappa shape index (κ3) is 4.46. The van der Waals surface area contributed by atoms with Crippen LogP contribution in [0.1, 0.15) is 25.8 Å². The van der Waals surface area contributed by atoms with E-state index in [1.54, 1.807) is 12.1 Å². The molecule has 0 aromatic heterocycles. The van der Waals surface area contributed by atoms with E-state index in [1.807, 2.05) is 0 Å². The van der Waals surface area contributed by atoms with E-state index < -0.39 is 6.43 Å². The second kappa shape index (κ2) is 7.59. The molecule has 0 aliphatic carbocycles. The van der Waals surface area contributed by atoms with Gasteiger partial charge in [-0.15, -0.1) is 11.8 Å². The zero-order chi connectivity index (χ0) is 13.5. The molecule has 0 amide bonds. The second-order valence-corrected chi connectivity index (χ2v) is 5.11. The minimum absolute atomic E-state index is 0.0412. The molecule has 0 heterocycles. The summed E-state index contributed by atoms with van der Waals surface area (Å²) in [5.74, 6) is 0.811. The molecule has 0 bridgehead atoms. The van der Waals surface area contributed by atoms with Crippen LogP contribution in [0.3, 0.4) is 0 Å². The number of anilines is 1. The van der Waals surface area contributed by atoms with Crippen LogP contribution in [0, 0.1) is 0 Å². The van der Waals surface area contributed by atoms with Crippen LogP contribution in [0.15, 0.2) is 23.1 Å². The van der Waals surface area contributed by atoms with Gasteiger partial charge in [-0.25, -0.2) is 8.78 Å². The predicted octanol–water partition coefficient (Wildman–Crippen LogP) is 3.64. The van der Waals surface area contributed by atoms with Gasteiger partial charge >= 0.3 is 0 Å². The lowest BCUT2D eigenvalue weighted by molar-refractivity contribution is 0.148. The minimum atomic E-state index is -2.47. The lowest BCUT2D eigenvalue weighted by Crippen LogP contribution is -2.25. The number of benzene rings is 1. The van der Waals surface area contributed by atoms with Crippen molar-refractivity contribution < 1.29 is 8.78 Å². The van der Waals surface area contributed by atoms with Crippen LogP contribution < -0.4 is 5.73 Å². The smallest absolute Gasteiger partial charge is 0.265 e. The standard InChI is InChI=1S/C13H20F2N2S/c1-3-17(4-2)7-8-18-12-6-5-10(16)9-11(12)13(14)15/h5-6,9,13H,3-4,7-8,16H2,1-2H3. The number of nitrogens with two attached hydrogens (primary N) is 1. The Labute approximate surface area is 112 Å². The molecule has 0 unspecified atom stereocenters. The maximum absolute atomic E-state index is 12.8. The summed E-state index contributed by atoms with van der Waals surface area (Å²) in [4.78, 5) is 2.90. The van der Waals surface area contributed by atoms with Crippen LogP contribution in [-0.2, 0) is 0 Å². The molecule has 2 nitrogen and oxygen atoms in total. The van der Waals surface area contributed by atoms with E-state index in [1.165, 1.54) is 17.8 Å². The maximum Gasteiger partial charge on any atom is 0.265 e. The summed E-state index contributed by atoms with van der Waals surface area (Å²) in [6, 6.07) is 4.72. The quantitative estimate of drug-likeness (QED) is 0.608. The van der Waals surface area contributed by atoms with Crippen LogP contribution in [0.4, 0.5) is 14.5 Å². The van der Waals surface area contributed by atoms with Crippen LogP contribution in [0.2, 0.25) is 0 Å². The molecule has 102 valence electrons. The number of hydrogen-bond donors (Lipinski definition) is 1. The summed E-state index contributed by atoms with van der Waals surface area (Å²) in [5.41, 5.74) is 5.96. The zero-order valence-electron chi connectivity index (χ0n) is 10.8. The fraction of sp³-hybridized carbons (Fsp3) is 0.538. The van der Waals surface area contributed by atoms with Crippen LogP contribution in [0.25, 0.3) is 0 Å². The Morgan fingerprint density at radius 2 is 1.94 bits per heavy atom. The fourth-order valence-electron chi connectivity index (χ4n) is 1.69. The van der Waals surface area contributed by atoms with Crippen molar-refractivity contribution >= 4 is 17.4 Å². The topological polar surface area (TPSA) is 29.3 Å². The first-order valence-electron chi connectivity index (χ1n) is 6.11. The van der Waals surface area contributed by atoms with Crippen LogP contribution >= 0.6 is 11.8 Å². The van der Waals surface area contributed by atoms with E-state index in [0.717, 1.165) is 25.4 Å². The van der Waals surface area contributed by atoms with Gasteiger partial charge in [0.2, 0.25) is 0 Å².